The first-order chi connectivity index (χ1) is 8.54. The van der Waals surface area contributed by atoms with Crippen molar-refractivity contribution >= 4 is 24.6 Å². The predicted octanol–water partition coefficient (Wildman–Crippen LogP) is 4.98. The van der Waals surface area contributed by atoms with E-state index >= 15 is 0 Å². The smallest absolute Gasteiger partial charge is 0.114 e. The van der Waals surface area contributed by atoms with Gasteiger partial charge >= 0.3 is 0 Å². The van der Waals surface area contributed by atoms with E-state index in [-0.39, 0.29) is 0 Å². The largest absolute Gasteiger partial charge is 0.289 e. The van der Waals surface area contributed by atoms with Crippen LogP contribution in [0.4, 0.5) is 0 Å². The molecule has 0 radical (unpaired) electrons. The Bertz CT molecular complexity index is 417. The molecule has 98 valence electrons. The van der Waals surface area contributed by atoms with Gasteiger partial charge in [0.05, 0.1) is 0 Å². The van der Waals surface area contributed by atoms with Crippen molar-refractivity contribution in [2.24, 2.45) is 4.99 Å². The van der Waals surface area contributed by atoms with Gasteiger partial charge in [0.15, 0.2) is 0 Å². The summed E-state index contributed by atoms with van der Waals surface area (Å²) < 4.78 is 0. The van der Waals surface area contributed by atoms with Gasteiger partial charge in [0.1, 0.15) is 7.22 Å². The second-order valence-electron chi connectivity index (χ2n) is 5.97. The quantitative estimate of drug-likeness (QED) is 0.559. The summed E-state index contributed by atoms with van der Waals surface area (Å²) in [6.45, 7) is 7.17. The molecule has 18 heavy (non-hydrogen) atoms. The Balaban J connectivity index is 2.11. The van der Waals surface area contributed by atoms with Gasteiger partial charge in [-0.05, 0) is 18.9 Å². The second-order valence-corrected chi connectivity index (χ2v) is 15.1. The maximum atomic E-state index is 4.76. The predicted molar refractivity (Wildman–Crippen MR) is 85.5 cm³/mol. The van der Waals surface area contributed by atoms with Crippen LogP contribution >= 0.6 is 11.2 Å². The van der Waals surface area contributed by atoms with Gasteiger partial charge in [-0.3, -0.25) is 4.99 Å². The zero-order valence-electron chi connectivity index (χ0n) is 11.6. The van der Waals surface area contributed by atoms with Crippen molar-refractivity contribution in [1.29, 1.82) is 0 Å². The number of nitrogens with zero attached hydrogens (tertiary/aromatic N) is 1. The van der Waals surface area contributed by atoms with Crippen LogP contribution in [-0.2, 0) is 0 Å². The molecule has 1 aliphatic carbocycles. The van der Waals surface area contributed by atoms with Crippen LogP contribution in [0, 0.1) is 0 Å². The van der Waals surface area contributed by atoms with Crippen LogP contribution in [0.3, 0.4) is 0 Å². The van der Waals surface area contributed by atoms with E-state index in [0.29, 0.717) is 6.04 Å². The summed E-state index contributed by atoms with van der Waals surface area (Å²) >= 11 is 2.06. The fourth-order valence-electron chi connectivity index (χ4n) is 2.25. The van der Waals surface area contributed by atoms with E-state index in [4.69, 9.17) is 4.99 Å². The van der Waals surface area contributed by atoms with Crippen molar-refractivity contribution in [3.63, 3.8) is 0 Å². The first-order valence-electron chi connectivity index (χ1n) is 6.86. The second kappa shape index (κ2) is 6.07. The third-order valence-corrected chi connectivity index (χ3v) is 6.79. The molecule has 0 spiro atoms. The zero-order valence-corrected chi connectivity index (χ0v) is 13.5. The molecule has 1 saturated carbocycles. The lowest BCUT2D eigenvalue weighted by atomic mass is 10.2. The van der Waals surface area contributed by atoms with E-state index < -0.39 is 7.22 Å². The summed E-state index contributed by atoms with van der Waals surface area (Å²) in [6, 6.07) is 9.26. The van der Waals surface area contributed by atoms with Crippen molar-refractivity contribution in [1.82, 2.24) is 0 Å². The fraction of sp³-hybridized carbons (Fsp3) is 0.533. The molecule has 0 unspecified atom stereocenters. The molecule has 0 bridgehead atoms. The fourth-order valence-corrected chi connectivity index (χ4v) is 5.83. The average molecular weight is 278 g/mol. The standard InChI is InChI=1S/C15H23NSSi/c1-18(2,3)17-15-11-7-4-8-13(15)12-16-14-9-5-6-10-14/h4,7-8,11-12,14H,5-6,9-10H2,1-3H3/b16-12-. The molecule has 0 heterocycles. The maximum Gasteiger partial charge on any atom is 0.114 e. The highest BCUT2D eigenvalue weighted by atomic mass is 32.4. The van der Waals surface area contributed by atoms with Gasteiger partial charge < -0.3 is 0 Å². The minimum Gasteiger partial charge on any atom is -0.289 e. The van der Waals surface area contributed by atoms with Gasteiger partial charge in [-0.25, -0.2) is 0 Å². The lowest BCUT2D eigenvalue weighted by Crippen LogP contribution is -2.14. The number of benzene rings is 1. The average Bonchev–Trinajstić information content (AvgIpc) is 2.79. The Labute approximate surface area is 116 Å². The molecule has 1 fully saturated rings. The maximum absolute atomic E-state index is 4.76. The van der Waals surface area contributed by atoms with Crippen LogP contribution < -0.4 is 0 Å². The van der Waals surface area contributed by atoms with E-state index in [2.05, 4.69) is 61.3 Å². The highest BCUT2D eigenvalue weighted by Crippen LogP contribution is 2.31. The van der Waals surface area contributed by atoms with Crippen LogP contribution in [0.5, 0.6) is 0 Å². The lowest BCUT2D eigenvalue weighted by Gasteiger charge is -2.16. The van der Waals surface area contributed by atoms with Crippen molar-refractivity contribution in [3.8, 4) is 0 Å². The van der Waals surface area contributed by atoms with Gasteiger partial charge in [-0.2, -0.15) is 11.2 Å². The summed E-state index contributed by atoms with van der Waals surface area (Å²) in [5.74, 6) is 0. The zero-order chi connectivity index (χ0) is 13.0. The molecule has 1 aromatic carbocycles. The topological polar surface area (TPSA) is 12.4 Å². The minimum absolute atomic E-state index is 0.579. The van der Waals surface area contributed by atoms with Gasteiger partial charge in [0.25, 0.3) is 0 Å². The third-order valence-electron chi connectivity index (χ3n) is 3.08. The monoisotopic (exact) mass is 277 g/mol. The molecule has 1 aromatic rings. The summed E-state index contributed by atoms with van der Waals surface area (Å²) in [5, 5.41) is 0. The summed E-state index contributed by atoms with van der Waals surface area (Å²) in [4.78, 5) is 6.16. The summed E-state index contributed by atoms with van der Waals surface area (Å²) in [5.41, 5.74) is 1.30. The van der Waals surface area contributed by atoms with Crippen molar-refractivity contribution in [3.05, 3.63) is 29.8 Å². The van der Waals surface area contributed by atoms with E-state index in [0.717, 1.165) is 0 Å². The molecule has 3 heteroatoms. The third kappa shape index (κ3) is 4.29. The first-order valence-corrected chi connectivity index (χ1v) is 11.9. The highest BCUT2D eigenvalue weighted by Gasteiger charge is 2.17. The molecule has 0 aliphatic heterocycles. The molecule has 0 atom stereocenters. The summed E-state index contributed by atoms with van der Waals surface area (Å²) in [6.07, 6.45) is 7.37. The molecule has 0 N–H and O–H groups in total. The van der Waals surface area contributed by atoms with Crippen LogP contribution in [0.25, 0.3) is 0 Å². The van der Waals surface area contributed by atoms with Crippen molar-refractivity contribution in [2.45, 2.75) is 56.3 Å². The van der Waals surface area contributed by atoms with Gasteiger partial charge in [0.2, 0.25) is 0 Å². The van der Waals surface area contributed by atoms with E-state index in [1.165, 1.54) is 36.1 Å². The van der Waals surface area contributed by atoms with Crippen LogP contribution in [-0.4, -0.2) is 19.5 Å². The SMILES string of the molecule is C[Si](C)(C)Sc1ccccc1/C=N\C1CCCC1. The Hall–Kier alpha value is -0.543. The van der Waals surface area contributed by atoms with E-state index in [1.54, 1.807) is 0 Å². The van der Waals surface area contributed by atoms with Crippen LogP contribution in [0.2, 0.25) is 19.6 Å². The van der Waals surface area contributed by atoms with E-state index in [9.17, 15) is 0 Å². The Kier molecular flexibility index (Phi) is 4.68. The molecule has 0 amide bonds. The summed E-state index contributed by atoms with van der Waals surface area (Å²) in [7, 11) is -1.13. The molecular weight excluding hydrogens is 254 g/mol. The lowest BCUT2D eigenvalue weighted by molar-refractivity contribution is 0.710. The number of rotatable bonds is 4. The number of aliphatic imine (C=N–C) groups is 1. The number of hydrogen-bond acceptors (Lipinski definition) is 2. The molecule has 1 aliphatic rings. The number of hydrogen-bond donors (Lipinski definition) is 0. The molecule has 0 saturated heterocycles. The highest BCUT2D eigenvalue weighted by molar-refractivity contribution is 8.28. The Morgan fingerprint density at radius 1 is 1.17 bits per heavy atom. The first kappa shape index (κ1) is 13.9. The van der Waals surface area contributed by atoms with Crippen LogP contribution in [0.1, 0.15) is 31.2 Å². The minimum atomic E-state index is -1.13. The Morgan fingerprint density at radius 3 is 2.50 bits per heavy atom. The van der Waals surface area contributed by atoms with Gasteiger partial charge in [-0.15, -0.1) is 0 Å². The van der Waals surface area contributed by atoms with Gasteiger partial charge in [0, 0.05) is 22.7 Å². The normalized spacial score (nSPS) is 17.7. The Morgan fingerprint density at radius 2 is 1.83 bits per heavy atom. The molecule has 1 nitrogen and oxygen atoms in total. The van der Waals surface area contributed by atoms with Crippen molar-refractivity contribution in [2.75, 3.05) is 0 Å². The molecule has 2 rings (SSSR count). The van der Waals surface area contributed by atoms with Crippen LogP contribution in [0.15, 0.2) is 34.2 Å². The molecular formula is C15H23NSSi. The van der Waals surface area contributed by atoms with Crippen molar-refractivity contribution < 1.29 is 0 Å². The van der Waals surface area contributed by atoms with E-state index in [1.807, 2.05) is 0 Å². The molecule has 0 aromatic heterocycles. The van der Waals surface area contributed by atoms with Gasteiger partial charge in [-0.1, -0.05) is 50.7 Å².